The fourth-order valence-corrected chi connectivity index (χ4v) is 4.05. The number of ether oxygens (including phenoxy) is 2. The van der Waals surface area contributed by atoms with Gasteiger partial charge in [-0.25, -0.2) is 9.69 Å². The van der Waals surface area contributed by atoms with E-state index in [1.165, 1.54) is 16.1 Å². The average molecular weight is 395 g/mol. The fraction of sp³-hybridized carbons (Fsp3) is 0.667. The van der Waals surface area contributed by atoms with Crippen molar-refractivity contribution in [3.8, 4) is 0 Å². The van der Waals surface area contributed by atoms with Gasteiger partial charge in [0.1, 0.15) is 6.26 Å². The first-order valence-electron chi connectivity index (χ1n) is 7.10. The van der Waals surface area contributed by atoms with E-state index in [4.69, 9.17) is 21.1 Å². The molecule has 1 aromatic rings. The molecule has 0 aliphatic carbocycles. The predicted octanol–water partition coefficient (Wildman–Crippen LogP) is 0.620. The van der Waals surface area contributed by atoms with Gasteiger partial charge in [0.05, 0.1) is 25.1 Å². The number of anilines is 1. The van der Waals surface area contributed by atoms with Gasteiger partial charge in [0.2, 0.25) is 11.4 Å². The molecular formula is C12H15ClN4O5S2. The summed E-state index contributed by atoms with van der Waals surface area (Å²) >= 11 is 5.48. The Hall–Kier alpha value is -1.14. The highest BCUT2D eigenvalue weighted by atomic mass is 35.5. The van der Waals surface area contributed by atoms with Crippen LogP contribution in [-0.2, 0) is 25.4 Å². The number of hydrogen-bond donors (Lipinski definition) is 0. The highest BCUT2D eigenvalue weighted by Crippen LogP contribution is 2.31. The van der Waals surface area contributed by atoms with Crippen LogP contribution in [0.5, 0.6) is 0 Å². The van der Waals surface area contributed by atoms with E-state index in [1.54, 1.807) is 0 Å². The molecular weight excluding hydrogens is 380 g/mol. The SMILES string of the molecule is C[S+]([O-])c1nnc(N2C(=O)N(CCl)CC2OC(=O)C2CCOC2)s1. The van der Waals surface area contributed by atoms with Gasteiger partial charge in [0.15, 0.2) is 0 Å². The third-order valence-electron chi connectivity index (χ3n) is 3.65. The van der Waals surface area contributed by atoms with E-state index >= 15 is 0 Å². The van der Waals surface area contributed by atoms with E-state index in [2.05, 4.69) is 10.2 Å². The molecule has 2 fully saturated rings. The van der Waals surface area contributed by atoms with Crippen LogP contribution >= 0.6 is 22.9 Å². The minimum atomic E-state index is -1.31. The molecule has 0 bridgehead atoms. The lowest BCUT2D eigenvalue weighted by Crippen LogP contribution is -2.39. The van der Waals surface area contributed by atoms with E-state index in [0.717, 1.165) is 11.3 Å². The van der Waals surface area contributed by atoms with E-state index in [1.807, 2.05) is 0 Å². The number of aromatic nitrogens is 2. The molecule has 3 rings (SSSR count). The molecule has 2 amide bonds. The summed E-state index contributed by atoms with van der Waals surface area (Å²) in [6, 6.07) is -0.476. The summed E-state index contributed by atoms with van der Waals surface area (Å²) < 4.78 is 22.4. The minimum absolute atomic E-state index is 0.0404. The summed E-state index contributed by atoms with van der Waals surface area (Å²) in [5, 5.41) is 7.91. The Morgan fingerprint density at radius 2 is 2.38 bits per heavy atom. The lowest BCUT2D eigenvalue weighted by Gasteiger charge is -2.20. The van der Waals surface area contributed by atoms with Gasteiger partial charge in [0.25, 0.3) is 0 Å². The van der Waals surface area contributed by atoms with Crippen molar-refractivity contribution in [1.82, 2.24) is 15.1 Å². The predicted molar refractivity (Wildman–Crippen MR) is 86.3 cm³/mol. The van der Waals surface area contributed by atoms with E-state index in [-0.39, 0.29) is 27.9 Å². The maximum absolute atomic E-state index is 12.4. The van der Waals surface area contributed by atoms with Crippen LogP contribution in [0.15, 0.2) is 4.34 Å². The zero-order valence-corrected chi connectivity index (χ0v) is 15.1. The Balaban J connectivity index is 1.79. The topological polar surface area (TPSA) is 108 Å². The van der Waals surface area contributed by atoms with E-state index in [0.29, 0.717) is 19.6 Å². The van der Waals surface area contributed by atoms with Gasteiger partial charge >= 0.3 is 16.3 Å². The maximum Gasteiger partial charge on any atom is 0.330 e. The number of carbonyl (C=O) groups excluding carboxylic acids is 2. The first kappa shape index (κ1) is 17.7. The zero-order chi connectivity index (χ0) is 17.3. The number of urea groups is 1. The van der Waals surface area contributed by atoms with Crippen LogP contribution in [0.1, 0.15) is 6.42 Å². The molecule has 0 N–H and O–H groups in total. The van der Waals surface area contributed by atoms with Crippen molar-refractivity contribution in [3.63, 3.8) is 0 Å². The van der Waals surface area contributed by atoms with Crippen LogP contribution in [0.3, 0.4) is 0 Å². The molecule has 12 heteroatoms. The van der Waals surface area contributed by atoms with Crippen LogP contribution in [0.4, 0.5) is 9.93 Å². The maximum atomic E-state index is 12.4. The van der Waals surface area contributed by atoms with Crippen molar-refractivity contribution in [2.45, 2.75) is 17.0 Å². The van der Waals surface area contributed by atoms with Crippen LogP contribution in [0.2, 0.25) is 0 Å². The molecule has 2 saturated heterocycles. The number of halogens is 1. The fourth-order valence-electron chi connectivity index (χ4n) is 2.39. The largest absolute Gasteiger partial charge is 0.610 e. The Morgan fingerprint density at radius 1 is 1.58 bits per heavy atom. The number of rotatable bonds is 5. The Morgan fingerprint density at radius 3 is 2.96 bits per heavy atom. The van der Waals surface area contributed by atoms with Crippen molar-refractivity contribution >= 4 is 51.2 Å². The number of alkyl halides is 1. The Kier molecular flexibility index (Phi) is 5.45. The highest BCUT2D eigenvalue weighted by molar-refractivity contribution is 7.92. The minimum Gasteiger partial charge on any atom is -0.610 e. The van der Waals surface area contributed by atoms with Gasteiger partial charge in [-0.2, -0.15) is 0 Å². The molecule has 0 radical (unpaired) electrons. The molecule has 0 saturated carbocycles. The zero-order valence-electron chi connectivity index (χ0n) is 12.7. The quantitative estimate of drug-likeness (QED) is 0.237. The van der Waals surface area contributed by atoms with Gasteiger partial charge < -0.3 is 18.9 Å². The molecule has 1 aromatic heterocycles. The molecule has 3 unspecified atom stereocenters. The second kappa shape index (κ2) is 7.40. The van der Waals surface area contributed by atoms with Crippen molar-refractivity contribution in [2.75, 3.05) is 36.9 Å². The normalized spacial score (nSPS) is 25.4. The molecule has 0 spiro atoms. The molecule has 24 heavy (non-hydrogen) atoms. The third kappa shape index (κ3) is 3.45. The Bertz CT molecular complexity index is 624. The summed E-state index contributed by atoms with van der Waals surface area (Å²) in [4.78, 5) is 27.2. The monoisotopic (exact) mass is 394 g/mol. The van der Waals surface area contributed by atoms with Crippen LogP contribution in [0, 0.1) is 5.92 Å². The van der Waals surface area contributed by atoms with E-state index < -0.39 is 29.4 Å². The molecule has 9 nitrogen and oxygen atoms in total. The summed E-state index contributed by atoms with van der Waals surface area (Å²) in [5.41, 5.74) is 0. The Labute approximate surface area is 150 Å². The molecule has 3 atom stereocenters. The van der Waals surface area contributed by atoms with Crippen LogP contribution in [0.25, 0.3) is 0 Å². The van der Waals surface area contributed by atoms with Crippen molar-refractivity contribution in [1.29, 1.82) is 0 Å². The summed E-state index contributed by atoms with van der Waals surface area (Å²) in [6.45, 7) is 0.964. The second-order valence-corrected chi connectivity index (χ2v) is 8.00. The number of nitrogens with zero attached hydrogens (tertiary/aromatic N) is 4. The first-order chi connectivity index (χ1) is 11.5. The van der Waals surface area contributed by atoms with Gasteiger partial charge in [-0.15, -0.1) is 16.7 Å². The number of amides is 2. The van der Waals surface area contributed by atoms with Crippen molar-refractivity contribution in [3.05, 3.63) is 0 Å². The van der Waals surface area contributed by atoms with Crippen molar-refractivity contribution < 1.29 is 23.6 Å². The number of esters is 1. The molecule has 3 heterocycles. The lowest BCUT2D eigenvalue weighted by atomic mass is 10.1. The van der Waals surface area contributed by atoms with Gasteiger partial charge in [0, 0.05) is 17.8 Å². The first-order valence-corrected chi connectivity index (χ1v) is 10.0. The standard InChI is InChI=1S/C12H15ClN4O5S2/c1-24(20)11-15-14-10(23-11)17-8(4-16(6-13)12(17)19)22-9(18)7-2-3-21-5-7/h7-8H,2-6H2,1H3. The second-order valence-electron chi connectivity index (χ2n) is 5.25. The van der Waals surface area contributed by atoms with Gasteiger partial charge in [-0.1, -0.05) is 5.10 Å². The van der Waals surface area contributed by atoms with Crippen LogP contribution in [-0.4, -0.2) is 69.9 Å². The summed E-state index contributed by atoms with van der Waals surface area (Å²) in [7, 11) is 0. The lowest BCUT2D eigenvalue weighted by molar-refractivity contribution is -0.153. The van der Waals surface area contributed by atoms with Crippen molar-refractivity contribution in [2.24, 2.45) is 5.92 Å². The smallest absolute Gasteiger partial charge is 0.330 e. The number of hydrogen-bond acceptors (Lipinski definition) is 8. The molecule has 2 aliphatic rings. The highest BCUT2D eigenvalue weighted by Gasteiger charge is 2.43. The van der Waals surface area contributed by atoms with Crippen LogP contribution < -0.4 is 4.90 Å². The molecule has 2 aliphatic heterocycles. The molecule has 132 valence electrons. The average Bonchev–Trinajstić information content (AvgIpc) is 3.26. The van der Waals surface area contributed by atoms with Gasteiger partial charge in [-0.3, -0.25) is 4.79 Å². The summed E-state index contributed by atoms with van der Waals surface area (Å²) in [6.07, 6.45) is 1.21. The molecule has 0 aromatic carbocycles. The van der Waals surface area contributed by atoms with Gasteiger partial charge in [-0.05, 0) is 17.8 Å². The third-order valence-corrected chi connectivity index (χ3v) is 6.18. The van der Waals surface area contributed by atoms with E-state index in [9.17, 15) is 14.1 Å². The summed E-state index contributed by atoms with van der Waals surface area (Å²) in [5.74, 6) is -0.754. The number of carbonyl (C=O) groups is 2.